The van der Waals surface area contributed by atoms with Crippen LogP contribution in [0.2, 0.25) is 0 Å². The normalized spacial score (nSPS) is 26.5. The maximum Gasteiger partial charge on any atom is 0.317 e. The number of carboxylic acids is 1. The second-order valence-electron chi connectivity index (χ2n) is 6.03. The molecule has 2 saturated heterocycles. The first kappa shape index (κ1) is 14.1. The SMILES string of the molecule is O=C(O)CN1CCC[C@]2(CCN(c3ccccc3)C2=O)C1. The van der Waals surface area contributed by atoms with Gasteiger partial charge in [0.15, 0.2) is 0 Å². The topological polar surface area (TPSA) is 60.9 Å². The number of likely N-dealkylation sites (tertiary alicyclic amines) is 1. The van der Waals surface area contributed by atoms with Crippen LogP contribution in [0.1, 0.15) is 19.3 Å². The summed E-state index contributed by atoms with van der Waals surface area (Å²) in [7, 11) is 0. The first-order chi connectivity index (χ1) is 10.1. The van der Waals surface area contributed by atoms with E-state index in [1.807, 2.05) is 40.1 Å². The monoisotopic (exact) mass is 288 g/mol. The molecule has 112 valence electrons. The number of carbonyl (C=O) groups is 2. The van der Waals surface area contributed by atoms with Gasteiger partial charge >= 0.3 is 5.97 Å². The minimum absolute atomic E-state index is 0.0281. The number of carbonyl (C=O) groups excluding carboxylic acids is 1. The van der Waals surface area contributed by atoms with Gasteiger partial charge in [-0.25, -0.2) is 0 Å². The highest BCUT2D eigenvalue weighted by Gasteiger charge is 2.49. The molecule has 5 nitrogen and oxygen atoms in total. The summed E-state index contributed by atoms with van der Waals surface area (Å²) in [5.41, 5.74) is 0.554. The summed E-state index contributed by atoms with van der Waals surface area (Å²) in [6.07, 6.45) is 2.57. The fourth-order valence-corrected chi connectivity index (χ4v) is 3.61. The van der Waals surface area contributed by atoms with Crippen molar-refractivity contribution in [3.05, 3.63) is 30.3 Å². The molecule has 1 aromatic carbocycles. The summed E-state index contributed by atoms with van der Waals surface area (Å²) >= 11 is 0. The highest BCUT2D eigenvalue weighted by atomic mass is 16.4. The van der Waals surface area contributed by atoms with Gasteiger partial charge < -0.3 is 10.0 Å². The van der Waals surface area contributed by atoms with Crippen molar-refractivity contribution >= 4 is 17.6 Å². The molecule has 0 unspecified atom stereocenters. The standard InChI is InChI=1S/C16H20N2O3/c19-14(20)11-17-9-4-7-16(12-17)8-10-18(15(16)21)13-5-2-1-3-6-13/h1-3,5-6H,4,7-12H2,(H,19,20)/t16-/m0/s1. The third kappa shape index (κ3) is 2.65. The number of carboxylic acid groups (broad SMARTS) is 1. The molecule has 0 aromatic heterocycles. The summed E-state index contributed by atoms with van der Waals surface area (Å²) in [5.74, 6) is -0.666. The van der Waals surface area contributed by atoms with Crippen molar-refractivity contribution in [2.75, 3.05) is 31.1 Å². The van der Waals surface area contributed by atoms with E-state index >= 15 is 0 Å². The molecule has 0 aliphatic carbocycles. The average molecular weight is 288 g/mol. The summed E-state index contributed by atoms with van der Waals surface area (Å²) in [6, 6.07) is 9.72. The summed E-state index contributed by atoms with van der Waals surface area (Å²) in [6.45, 7) is 2.10. The van der Waals surface area contributed by atoms with Crippen LogP contribution < -0.4 is 4.90 Å². The number of aliphatic carboxylic acids is 1. The molecular weight excluding hydrogens is 268 g/mol. The molecule has 1 atom stereocenters. The number of hydrogen-bond donors (Lipinski definition) is 1. The Morgan fingerprint density at radius 2 is 1.95 bits per heavy atom. The number of anilines is 1. The number of piperidine rings is 1. The minimum Gasteiger partial charge on any atom is -0.480 e. The fourth-order valence-electron chi connectivity index (χ4n) is 3.61. The van der Waals surface area contributed by atoms with Gasteiger partial charge in [-0.05, 0) is 37.9 Å². The van der Waals surface area contributed by atoms with Crippen LogP contribution in [-0.4, -0.2) is 48.1 Å². The maximum atomic E-state index is 12.9. The van der Waals surface area contributed by atoms with E-state index in [2.05, 4.69) is 0 Å². The number of para-hydroxylation sites is 1. The molecule has 2 aliphatic rings. The molecule has 1 N–H and O–H groups in total. The Bertz CT molecular complexity index is 546. The van der Waals surface area contributed by atoms with Crippen LogP contribution >= 0.6 is 0 Å². The predicted molar refractivity (Wildman–Crippen MR) is 79.2 cm³/mol. The zero-order chi connectivity index (χ0) is 14.9. The zero-order valence-electron chi connectivity index (χ0n) is 12.0. The molecule has 1 aromatic rings. The lowest BCUT2D eigenvalue weighted by molar-refractivity contribution is -0.140. The number of rotatable bonds is 3. The van der Waals surface area contributed by atoms with Gasteiger partial charge in [0.25, 0.3) is 0 Å². The van der Waals surface area contributed by atoms with Crippen molar-refractivity contribution in [3.8, 4) is 0 Å². The van der Waals surface area contributed by atoms with E-state index in [0.29, 0.717) is 6.54 Å². The molecule has 2 aliphatic heterocycles. The van der Waals surface area contributed by atoms with E-state index in [4.69, 9.17) is 5.11 Å². The van der Waals surface area contributed by atoms with Crippen molar-refractivity contribution in [1.29, 1.82) is 0 Å². The molecular formula is C16H20N2O3. The molecule has 2 fully saturated rings. The van der Waals surface area contributed by atoms with Crippen LogP contribution in [0.5, 0.6) is 0 Å². The number of amides is 1. The summed E-state index contributed by atoms with van der Waals surface area (Å²) in [4.78, 5) is 27.5. The average Bonchev–Trinajstić information content (AvgIpc) is 2.76. The summed E-state index contributed by atoms with van der Waals surface area (Å²) in [5, 5.41) is 8.96. The maximum absolute atomic E-state index is 12.9. The van der Waals surface area contributed by atoms with E-state index in [1.165, 1.54) is 0 Å². The largest absolute Gasteiger partial charge is 0.480 e. The fraction of sp³-hybridized carbons (Fsp3) is 0.500. The first-order valence-electron chi connectivity index (χ1n) is 7.42. The zero-order valence-corrected chi connectivity index (χ0v) is 12.0. The smallest absolute Gasteiger partial charge is 0.317 e. The molecule has 0 saturated carbocycles. The lowest BCUT2D eigenvalue weighted by Gasteiger charge is -2.38. The number of nitrogens with zero attached hydrogens (tertiary/aromatic N) is 2. The van der Waals surface area contributed by atoms with E-state index in [0.717, 1.165) is 38.0 Å². The second kappa shape index (κ2) is 5.48. The number of hydrogen-bond acceptors (Lipinski definition) is 3. The Morgan fingerprint density at radius 3 is 2.67 bits per heavy atom. The molecule has 2 heterocycles. The van der Waals surface area contributed by atoms with E-state index in [9.17, 15) is 9.59 Å². The molecule has 1 spiro atoms. The van der Waals surface area contributed by atoms with Crippen molar-refractivity contribution in [1.82, 2.24) is 4.90 Å². The molecule has 5 heteroatoms. The van der Waals surface area contributed by atoms with Crippen molar-refractivity contribution < 1.29 is 14.7 Å². The Morgan fingerprint density at radius 1 is 1.19 bits per heavy atom. The van der Waals surface area contributed by atoms with Gasteiger partial charge in [-0.2, -0.15) is 0 Å². The van der Waals surface area contributed by atoms with Gasteiger partial charge in [0.05, 0.1) is 12.0 Å². The van der Waals surface area contributed by atoms with Crippen LogP contribution in [0.3, 0.4) is 0 Å². The van der Waals surface area contributed by atoms with Crippen LogP contribution in [0.25, 0.3) is 0 Å². The van der Waals surface area contributed by atoms with Crippen LogP contribution in [-0.2, 0) is 9.59 Å². The van der Waals surface area contributed by atoms with E-state index in [1.54, 1.807) is 0 Å². The van der Waals surface area contributed by atoms with Crippen molar-refractivity contribution in [3.63, 3.8) is 0 Å². The molecule has 1 amide bonds. The second-order valence-corrected chi connectivity index (χ2v) is 6.03. The Kier molecular flexibility index (Phi) is 3.68. The van der Waals surface area contributed by atoms with Crippen LogP contribution in [0.4, 0.5) is 5.69 Å². The van der Waals surface area contributed by atoms with Gasteiger partial charge in [0, 0.05) is 18.8 Å². The Labute approximate surface area is 124 Å². The van der Waals surface area contributed by atoms with E-state index < -0.39 is 5.97 Å². The van der Waals surface area contributed by atoms with Gasteiger partial charge in [-0.3, -0.25) is 14.5 Å². The lowest BCUT2D eigenvalue weighted by atomic mass is 9.78. The van der Waals surface area contributed by atoms with Crippen molar-refractivity contribution in [2.24, 2.45) is 5.41 Å². The Hall–Kier alpha value is -1.88. The highest BCUT2D eigenvalue weighted by molar-refractivity contribution is 6.00. The van der Waals surface area contributed by atoms with Crippen LogP contribution in [0, 0.1) is 5.41 Å². The quantitative estimate of drug-likeness (QED) is 0.917. The first-order valence-corrected chi connectivity index (χ1v) is 7.42. The lowest BCUT2D eigenvalue weighted by Crippen LogP contribution is -2.49. The van der Waals surface area contributed by atoms with Gasteiger partial charge in [-0.15, -0.1) is 0 Å². The van der Waals surface area contributed by atoms with Gasteiger partial charge in [-0.1, -0.05) is 18.2 Å². The molecule has 3 rings (SSSR count). The number of benzene rings is 1. The summed E-state index contributed by atoms with van der Waals surface area (Å²) < 4.78 is 0. The molecule has 21 heavy (non-hydrogen) atoms. The van der Waals surface area contributed by atoms with Gasteiger partial charge in [0.2, 0.25) is 5.91 Å². The highest BCUT2D eigenvalue weighted by Crippen LogP contribution is 2.41. The third-order valence-corrected chi connectivity index (χ3v) is 4.60. The molecule has 0 radical (unpaired) electrons. The predicted octanol–water partition coefficient (Wildman–Crippen LogP) is 1.59. The Balaban J connectivity index is 1.77. The van der Waals surface area contributed by atoms with Gasteiger partial charge in [0.1, 0.15) is 0 Å². The third-order valence-electron chi connectivity index (χ3n) is 4.60. The molecule has 0 bridgehead atoms. The van der Waals surface area contributed by atoms with E-state index in [-0.39, 0.29) is 17.9 Å². The van der Waals surface area contributed by atoms with Crippen LogP contribution in [0.15, 0.2) is 30.3 Å². The minimum atomic E-state index is -0.822. The van der Waals surface area contributed by atoms with Crippen molar-refractivity contribution in [2.45, 2.75) is 19.3 Å².